The Kier molecular flexibility index (Phi) is 5.69. The number of thiophene rings is 1. The minimum atomic E-state index is -4.51. The molecule has 1 aromatic heterocycles. The number of rotatable bonds is 3. The third-order valence-electron chi connectivity index (χ3n) is 6.03. The van der Waals surface area contributed by atoms with Gasteiger partial charge in [0.05, 0.1) is 16.8 Å². The maximum Gasteiger partial charge on any atom is 0.416 e. The second kappa shape index (κ2) is 8.47. The largest absolute Gasteiger partial charge is 0.416 e. The normalized spacial score (nSPS) is 19.1. The molecule has 1 saturated heterocycles. The first-order valence-corrected chi connectivity index (χ1v) is 12.8. The van der Waals surface area contributed by atoms with Gasteiger partial charge in [-0.3, -0.25) is 9.59 Å². The van der Waals surface area contributed by atoms with Crippen LogP contribution in [0.2, 0.25) is 0 Å². The van der Waals surface area contributed by atoms with Crippen LogP contribution in [0.25, 0.3) is 11.1 Å². The van der Waals surface area contributed by atoms with Crippen LogP contribution in [-0.4, -0.2) is 55.1 Å². The molecular formula is C23H18F3N3O4S2. The SMILES string of the molecule is O=C1Nc2ccc(-c3cccc(C(F)(F)F)c3)cc2C(=O)N2CCN(S(=O)(=O)c3cccs3)C[C@@H]12. The number of carbonyl (C=O) groups excluding carboxylic acids is 2. The zero-order chi connectivity index (χ0) is 25.0. The lowest BCUT2D eigenvalue weighted by Gasteiger charge is -2.38. The number of nitrogens with zero attached hydrogens (tertiary/aromatic N) is 2. The molecule has 0 spiro atoms. The van der Waals surface area contributed by atoms with Crippen molar-refractivity contribution in [2.45, 2.75) is 16.4 Å². The number of alkyl halides is 3. The minimum absolute atomic E-state index is 0.00521. The van der Waals surface area contributed by atoms with Crippen molar-refractivity contribution in [2.75, 3.05) is 25.0 Å². The summed E-state index contributed by atoms with van der Waals surface area (Å²) in [6.45, 7) is -0.195. The summed E-state index contributed by atoms with van der Waals surface area (Å²) in [5, 5.41) is 4.32. The highest BCUT2D eigenvalue weighted by atomic mass is 32.2. The van der Waals surface area contributed by atoms with Gasteiger partial charge in [-0.2, -0.15) is 17.5 Å². The number of anilines is 1. The van der Waals surface area contributed by atoms with Crippen molar-refractivity contribution in [3.63, 3.8) is 0 Å². The van der Waals surface area contributed by atoms with Crippen molar-refractivity contribution in [2.24, 2.45) is 0 Å². The Morgan fingerprint density at radius 1 is 0.971 bits per heavy atom. The highest BCUT2D eigenvalue weighted by molar-refractivity contribution is 7.91. The lowest BCUT2D eigenvalue weighted by Crippen LogP contribution is -2.59. The molecule has 1 fully saturated rings. The molecule has 0 saturated carbocycles. The van der Waals surface area contributed by atoms with Gasteiger partial charge < -0.3 is 10.2 Å². The molecule has 2 aromatic carbocycles. The number of halogens is 3. The van der Waals surface area contributed by atoms with E-state index in [0.29, 0.717) is 5.56 Å². The quantitative estimate of drug-likeness (QED) is 0.567. The van der Waals surface area contributed by atoms with Crippen molar-refractivity contribution in [3.8, 4) is 11.1 Å². The van der Waals surface area contributed by atoms with Crippen molar-refractivity contribution in [1.82, 2.24) is 9.21 Å². The van der Waals surface area contributed by atoms with Crippen LogP contribution in [0.1, 0.15) is 15.9 Å². The van der Waals surface area contributed by atoms with E-state index in [1.165, 1.54) is 45.6 Å². The van der Waals surface area contributed by atoms with Crippen LogP contribution in [0.5, 0.6) is 0 Å². The number of sulfonamides is 1. The van der Waals surface area contributed by atoms with E-state index < -0.39 is 39.6 Å². The lowest BCUT2D eigenvalue weighted by molar-refractivity contribution is -0.137. The van der Waals surface area contributed by atoms with Crippen LogP contribution >= 0.6 is 11.3 Å². The van der Waals surface area contributed by atoms with Gasteiger partial charge in [0.2, 0.25) is 5.91 Å². The Hall–Kier alpha value is -3.22. The van der Waals surface area contributed by atoms with E-state index >= 15 is 0 Å². The Morgan fingerprint density at radius 2 is 1.74 bits per heavy atom. The molecule has 7 nitrogen and oxygen atoms in total. The molecule has 0 bridgehead atoms. The fourth-order valence-corrected chi connectivity index (χ4v) is 6.82. The lowest BCUT2D eigenvalue weighted by atomic mass is 9.99. The summed E-state index contributed by atoms with van der Waals surface area (Å²) in [6, 6.07) is 11.3. The summed E-state index contributed by atoms with van der Waals surface area (Å²) in [7, 11) is -3.81. The van der Waals surface area contributed by atoms with E-state index in [2.05, 4.69) is 5.32 Å². The van der Waals surface area contributed by atoms with Gasteiger partial charge >= 0.3 is 6.18 Å². The average molecular weight is 522 g/mol. The predicted octanol–water partition coefficient (Wildman–Crippen LogP) is 3.90. The fraction of sp³-hybridized carbons (Fsp3) is 0.217. The standard InChI is InChI=1S/C23H18F3N3O4S2/c24-23(25,26)16-4-1-3-14(11-16)15-6-7-18-17(12-15)22(31)29-9-8-28(13-19(29)21(30)27-18)35(32,33)20-5-2-10-34-20/h1-7,10-12,19H,8-9,13H2,(H,27,30)/t19-/m0/s1. The molecule has 35 heavy (non-hydrogen) atoms. The molecule has 5 rings (SSSR count). The number of benzene rings is 2. The van der Waals surface area contributed by atoms with Crippen molar-refractivity contribution in [3.05, 3.63) is 71.1 Å². The van der Waals surface area contributed by atoms with E-state index in [1.807, 2.05) is 0 Å². The third kappa shape index (κ3) is 4.21. The summed E-state index contributed by atoms with van der Waals surface area (Å²) in [5.74, 6) is -1.03. The van der Waals surface area contributed by atoms with Gasteiger partial charge in [0.1, 0.15) is 10.3 Å². The van der Waals surface area contributed by atoms with Gasteiger partial charge in [0.25, 0.3) is 15.9 Å². The minimum Gasteiger partial charge on any atom is -0.324 e. The van der Waals surface area contributed by atoms with Gasteiger partial charge in [-0.1, -0.05) is 24.3 Å². The molecular weight excluding hydrogens is 503 g/mol. The Bertz CT molecular complexity index is 1420. The molecule has 3 heterocycles. The number of piperazine rings is 1. The van der Waals surface area contributed by atoms with Crippen LogP contribution in [-0.2, 0) is 21.0 Å². The van der Waals surface area contributed by atoms with Crippen LogP contribution in [0.3, 0.4) is 0 Å². The molecule has 182 valence electrons. The number of amides is 2. The van der Waals surface area contributed by atoms with Gasteiger partial charge in [-0.05, 0) is 46.8 Å². The maximum atomic E-state index is 13.4. The Morgan fingerprint density at radius 3 is 2.46 bits per heavy atom. The second-order valence-corrected chi connectivity index (χ2v) is 11.3. The summed E-state index contributed by atoms with van der Waals surface area (Å²) in [5.41, 5.74) is 0.194. The molecule has 3 aromatic rings. The highest BCUT2D eigenvalue weighted by Crippen LogP contribution is 2.35. The number of hydrogen-bond donors (Lipinski definition) is 1. The summed E-state index contributed by atoms with van der Waals surface area (Å²) in [4.78, 5) is 27.7. The Balaban J connectivity index is 1.46. The number of fused-ring (bicyclic) bond motifs is 2. The maximum absolute atomic E-state index is 13.4. The topological polar surface area (TPSA) is 86.8 Å². The summed E-state index contributed by atoms with van der Waals surface area (Å²) >= 11 is 1.07. The molecule has 0 radical (unpaired) electrons. The average Bonchev–Trinajstić information content (AvgIpc) is 3.36. The van der Waals surface area contributed by atoms with E-state index in [0.717, 1.165) is 23.5 Å². The second-order valence-electron chi connectivity index (χ2n) is 8.14. The van der Waals surface area contributed by atoms with E-state index in [4.69, 9.17) is 0 Å². The smallest absolute Gasteiger partial charge is 0.324 e. The summed E-state index contributed by atoms with van der Waals surface area (Å²) < 4.78 is 66.7. The molecule has 1 N–H and O–H groups in total. The van der Waals surface area contributed by atoms with Gasteiger partial charge in [-0.15, -0.1) is 11.3 Å². The molecule has 1 atom stereocenters. The van der Waals surface area contributed by atoms with Gasteiger partial charge in [0.15, 0.2) is 0 Å². The zero-order valence-electron chi connectivity index (χ0n) is 17.9. The molecule has 2 aliphatic rings. The number of nitrogens with one attached hydrogen (secondary N) is 1. The monoisotopic (exact) mass is 521 g/mol. The summed E-state index contributed by atoms with van der Waals surface area (Å²) in [6.07, 6.45) is -4.51. The first kappa shape index (κ1) is 23.5. The van der Waals surface area contributed by atoms with Crippen molar-refractivity contribution < 1.29 is 31.2 Å². The van der Waals surface area contributed by atoms with Gasteiger partial charge in [0, 0.05) is 19.6 Å². The first-order chi connectivity index (χ1) is 16.6. The number of carbonyl (C=O) groups is 2. The third-order valence-corrected chi connectivity index (χ3v) is 9.27. The van der Waals surface area contributed by atoms with E-state index in [1.54, 1.807) is 11.4 Å². The van der Waals surface area contributed by atoms with E-state index in [-0.39, 0.29) is 40.7 Å². The number of hydrogen-bond acceptors (Lipinski definition) is 5. The van der Waals surface area contributed by atoms with Crippen LogP contribution in [0.15, 0.2) is 64.2 Å². The molecule has 12 heteroatoms. The van der Waals surface area contributed by atoms with Crippen LogP contribution in [0.4, 0.5) is 18.9 Å². The first-order valence-electron chi connectivity index (χ1n) is 10.5. The Labute approximate surface area is 202 Å². The molecule has 0 aliphatic carbocycles. The van der Waals surface area contributed by atoms with E-state index in [9.17, 15) is 31.2 Å². The fourth-order valence-electron chi connectivity index (χ4n) is 4.24. The molecule has 2 amide bonds. The van der Waals surface area contributed by atoms with Gasteiger partial charge in [-0.25, -0.2) is 8.42 Å². The molecule has 0 unspecified atom stereocenters. The zero-order valence-corrected chi connectivity index (χ0v) is 19.6. The van der Waals surface area contributed by atoms with Crippen molar-refractivity contribution >= 4 is 38.9 Å². The van der Waals surface area contributed by atoms with Crippen LogP contribution in [0, 0.1) is 0 Å². The predicted molar refractivity (Wildman–Crippen MR) is 123 cm³/mol. The molecule has 2 aliphatic heterocycles. The highest BCUT2D eigenvalue weighted by Gasteiger charge is 2.42. The van der Waals surface area contributed by atoms with Crippen molar-refractivity contribution in [1.29, 1.82) is 0 Å². The van der Waals surface area contributed by atoms with Crippen LogP contribution < -0.4 is 5.32 Å².